The number of carboxylic acid groups (broad SMARTS) is 1. The molecule has 0 amide bonds. The third kappa shape index (κ3) is 2.08. The first kappa shape index (κ1) is 10.7. The lowest BCUT2D eigenvalue weighted by Crippen LogP contribution is -2.02. The Kier molecular flexibility index (Phi) is 2.95. The molecular weight excluding hydrogens is 204 g/mol. The van der Waals surface area contributed by atoms with Crippen LogP contribution in [0.15, 0.2) is 24.3 Å². The van der Waals surface area contributed by atoms with E-state index in [2.05, 4.69) is 6.08 Å². The molecule has 1 aromatic carbocycles. The highest BCUT2D eigenvalue weighted by molar-refractivity contribution is 5.76. The lowest BCUT2D eigenvalue weighted by atomic mass is 9.88. The van der Waals surface area contributed by atoms with Crippen LogP contribution in [0, 0.1) is 0 Å². The molecule has 2 rings (SSSR count). The minimum absolute atomic E-state index is 0.140. The van der Waals surface area contributed by atoms with E-state index in [9.17, 15) is 9.90 Å². The minimum atomic E-state index is -0.784. The number of allylic oxidation sites excluding steroid dienone is 2. The molecular formula is C13H14O3. The summed E-state index contributed by atoms with van der Waals surface area (Å²) in [7, 11) is 0. The first-order chi connectivity index (χ1) is 7.68. The topological polar surface area (TPSA) is 57.5 Å². The van der Waals surface area contributed by atoms with Crippen molar-refractivity contribution in [3.63, 3.8) is 0 Å². The second-order valence-corrected chi connectivity index (χ2v) is 3.97. The van der Waals surface area contributed by atoms with Crippen LogP contribution in [-0.4, -0.2) is 16.2 Å². The van der Waals surface area contributed by atoms with Crippen LogP contribution in [0.3, 0.4) is 0 Å². The van der Waals surface area contributed by atoms with E-state index >= 15 is 0 Å². The third-order valence-electron chi connectivity index (χ3n) is 2.89. The van der Waals surface area contributed by atoms with Crippen LogP contribution in [0.1, 0.15) is 30.4 Å². The summed E-state index contributed by atoms with van der Waals surface area (Å²) in [5.41, 5.74) is 3.00. The average molecular weight is 218 g/mol. The summed E-state index contributed by atoms with van der Waals surface area (Å²) in [4.78, 5) is 10.5. The summed E-state index contributed by atoms with van der Waals surface area (Å²) in [5, 5.41) is 18.4. The SMILES string of the molecule is O=C(O)CCC1=CCCc2c(O)cccc21. The lowest BCUT2D eigenvalue weighted by Gasteiger charge is -2.18. The van der Waals surface area contributed by atoms with Gasteiger partial charge in [0.25, 0.3) is 0 Å². The smallest absolute Gasteiger partial charge is 0.303 e. The van der Waals surface area contributed by atoms with Gasteiger partial charge in [-0.05, 0) is 36.5 Å². The maximum absolute atomic E-state index is 10.5. The van der Waals surface area contributed by atoms with Gasteiger partial charge in [-0.1, -0.05) is 18.2 Å². The van der Waals surface area contributed by atoms with E-state index in [4.69, 9.17) is 5.11 Å². The standard InChI is InChI=1S/C13H14O3/c14-12-6-2-4-10-9(7-8-13(15)16)3-1-5-11(10)12/h2-4,6,14H,1,5,7-8H2,(H,15,16). The number of phenolic OH excluding ortho intramolecular Hbond substituents is 1. The van der Waals surface area contributed by atoms with E-state index in [0.29, 0.717) is 12.2 Å². The summed E-state index contributed by atoms with van der Waals surface area (Å²) < 4.78 is 0. The fraction of sp³-hybridized carbons (Fsp3) is 0.308. The minimum Gasteiger partial charge on any atom is -0.508 e. The molecule has 3 nitrogen and oxygen atoms in total. The molecule has 0 saturated carbocycles. The van der Waals surface area contributed by atoms with Crippen molar-refractivity contribution in [3.05, 3.63) is 35.4 Å². The normalized spacial score (nSPS) is 14.1. The van der Waals surface area contributed by atoms with Gasteiger partial charge in [0.2, 0.25) is 0 Å². The summed E-state index contributed by atoms with van der Waals surface area (Å²) in [6.07, 6.45) is 4.45. The summed E-state index contributed by atoms with van der Waals surface area (Å²) >= 11 is 0. The Hall–Kier alpha value is -1.77. The first-order valence-corrected chi connectivity index (χ1v) is 5.40. The lowest BCUT2D eigenvalue weighted by molar-refractivity contribution is -0.136. The Morgan fingerprint density at radius 2 is 2.19 bits per heavy atom. The number of aromatic hydroxyl groups is 1. The maximum Gasteiger partial charge on any atom is 0.303 e. The van der Waals surface area contributed by atoms with Crippen molar-refractivity contribution in [3.8, 4) is 5.75 Å². The van der Waals surface area contributed by atoms with E-state index < -0.39 is 5.97 Å². The van der Waals surface area contributed by atoms with Gasteiger partial charge in [-0.2, -0.15) is 0 Å². The number of phenols is 1. The van der Waals surface area contributed by atoms with Gasteiger partial charge in [-0.15, -0.1) is 0 Å². The number of carboxylic acids is 1. The van der Waals surface area contributed by atoms with Crippen molar-refractivity contribution in [2.24, 2.45) is 0 Å². The molecule has 0 saturated heterocycles. The fourth-order valence-corrected chi connectivity index (χ4v) is 2.12. The van der Waals surface area contributed by atoms with Crippen LogP contribution in [0.2, 0.25) is 0 Å². The van der Waals surface area contributed by atoms with E-state index in [1.54, 1.807) is 12.1 Å². The Balaban J connectivity index is 2.26. The number of aliphatic carboxylic acids is 1. The van der Waals surface area contributed by atoms with Crippen molar-refractivity contribution >= 4 is 11.5 Å². The average Bonchev–Trinajstić information content (AvgIpc) is 2.27. The zero-order chi connectivity index (χ0) is 11.5. The van der Waals surface area contributed by atoms with E-state index in [1.807, 2.05) is 6.07 Å². The fourth-order valence-electron chi connectivity index (χ4n) is 2.12. The highest BCUT2D eigenvalue weighted by Gasteiger charge is 2.15. The highest BCUT2D eigenvalue weighted by Crippen LogP contribution is 2.34. The quantitative estimate of drug-likeness (QED) is 0.819. The molecule has 0 atom stereocenters. The van der Waals surface area contributed by atoms with Gasteiger partial charge in [0.05, 0.1) is 0 Å². The molecule has 1 aliphatic rings. The molecule has 0 spiro atoms. The summed E-state index contributed by atoms with van der Waals surface area (Å²) in [5.74, 6) is -0.466. The van der Waals surface area contributed by atoms with Crippen LogP contribution < -0.4 is 0 Å². The van der Waals surface area contributed by atoms with E-state index in [-0.39, 0.29) is 6.42 Å². The molecule has 84 valence electrons. The molecule has 0 radical (unpaired) electrons. The molecule has 16 heavy (non-hydrogen) atoms. The maximum atomic E-state index is 10.5. The summed E-state index contributed by atoms with van der Waals surface area (Å²) in [6, 6.07) is 5.43. The molecule has 0 aromatic heterocycles. The molecule has 0 bridgehead atoms. The van der Waals surface area contributed by atoms with Crippen LogP contribution in [0.4, 0.5) is 0 Å². The number of carbonyl (C=O) groups is 1. The number of rotatable bonds is 3. The van der Waals surface area contributed by atoms with E-state index in [0.717, 1.165) is 29.5 Å². The van der Waals surface area contributed by atoms with Gasteiger partial charge in [0.1, 0.15) is 5.75 Å². The predicted octanol–water partition coefficient (Wildman–Crippen LogP) is 2.59. The van der Waals surface area contributed by atoms with Gasteiger partial charge in [0.15, 0.2) is 0 Å². The highest BCUT2D eigenvalue weighted by atomic mass is 16.4. The molecule has 3 heteroatoms. The Morgan fingerprint density at radius 3 is 2.94 bits per heavy atom. The second-order valence-electron chi connectivity index (χ2n) is 3.97. The predicted molar refractivity (Wildman–Crippen MR) is 61.3 cm³/mol. The number of fused-ring (bicyclic) bond motifs is 1. The van der Waals surface area contributed by atoms with Crippen molar-refractivity contribution in [2.45, 2.75) is 25.7 Å². The molecule has 0 unspecified atom stereocenters. The number of hydrogen-bond acceptors (Lipinski definition) is 2. The molecule has 0 heterocycles. The molecule has 0 fully saturated rings. The Labute approximate surface area is 94.0 Å². The van der Waals surface area contributed by atoms with Crippen LogP contribution in [0.5, 0.6) is 5.75 Å². The monoisotopic (exact) mass is 218 g/mol. The van der Waals surface area contributed by atoms with E-state index in [1.165, 1.54) is 0 Å². The first-order valence-electron chi connectivity index (χ1n) is 5.40. The largest absolute Gasteiger partial charge is 0.508 e. The van der Waals surface area contributed by atoms with Gasteiger partial charge >= 0.3 is 5.97 Å². The van der Waals surface area contributed by atoms with Crippen molar-refractivity contribution in [1.29, 1.82) is 0 Å². The molecule has 0 aliphatic heterocycles. The second kappa shape index (κ2) is 4.39. The zero-order valence-corrected chi connectivity index (χ0v) is 8.94. The molecule has 1 aromatic rings. The Morgan fingerprint density at radius 1 is 1.38 bits per heavy atom. The van der Waals surface area contributed by atoms with Gasteiger partial charge in [0, 0.05) is 12.0 Å². The summed E-state index contributed by atoms with van der Waals surface area (Å²) in [6.45, 7) is 0. The van der Waals surface area contributed by atoms with Crippen LogP contribution in [-0.2, 0) is 11.2 Å². The zero-order valence-electron chi connectivity index (χ0n) is 8.94. The number of benzene rings is 1. The van der Waals surface area contributed by atoms with Crippen molar-refractivity contribution in [1.82, 2.24) is 0 Å². The van der Waals surface area contributed by atoms with Crippen LogP contribution in [0.25, 0.3) is 5.57 Å². The van der Waals surface area contributed by atoms with Crippen molar-refractivity contribution in [2.75, 3.05) is 0 Å². The molecule has 1 aliphatic carbocycles. The van der Waals surface area contributed by atoms with Gasteiger partial charge < -0.3 is 10.2 Å². The van der Waals surface area contributed by atoms with Crippen LogP contribution >= 0.6 is 0 Å². The number of hydrogen-bond donors (Lipinski definition) is 2. The third-order valence-corrected chi connectivity index (χ3v) is 2.89. The van der Waals surface area contributed by atoms with Crippen molar-refractivity contribution < 1.29 is 15.0 Å². The Bertz CT molecular complexity index is 446. The molecule has 2 N–H and O–H groups in total. The van der Waals surface area contributed by atoms with Gasteiger partial charge in [-0.3, -0.25) is 4.79 Å². The van der Waals surface area contributed by atoms with Gasteiger partial charge in [-0.25, -0.2) is 0 Å².